The third-order valence-corrected chi connectivity index (χ3v) is 4.74. The van der Waals surface area contributed by atoms with Crippen molar-refractivity contribution < 1.29 is 14.7 Å². The normalized spacial score (nSPS) is 21.0. The van der Waals surface area contributed by atoms with Crippen molar-refractivity contribution in [3.05, 3.63) is 36.9 Å². The van der Waals surface area contributed by atoms with Gasteiger partial charge in [-0.25, -0.2) is 0 Å². The summed E-state index contributed by atoms with van der Waals surface area (Å²) in [5, 5.41) is 12.1. The van der Waals surface area contributed by atoms with Crippen LogP contribution in [0, 0.1) is 11.8 Å². The number of carbonyl (C=O) groups excluding carboxylic acids is 1. The molecule has 2 rings (SSSR count). The van der Waals surface area contributed by atoms with Crippen LogP contribution in [0.1, 0.15) is 19.3 Å². The van der Waals surface area contributed by atoms with Crippen molar-refractivity contribution in [2.45, 2.75) is 24.2 Å². The number of amides is 1. The van der Waals surface area contributed by atoms with Crippen LogP contribution in [-0.4, -0.2) is 22.7 Å². The van der Waals surface area contributed by atoms with E-state index in [1.54, 1.807) is 17.8 Å². The SMILES string of the molecule is C=CCSc1ccccc1NC(=O)[C@@H]1CCC[C@@H]1C(=O)O. The Balaban J connectivity index is 2.09. The lowest BCUT2D eigenvalue weighted by atomic mass is 9.95. The molecular weight excluding hydrogens is 286 g/mol. The first-order valence-electron chi connectivity index (χ1n) is 7.00. The Bertz CT molecular complexity index is 544. The fourth-order valence-electron chi connectivity index (χ4n) is 2.64. The van der Waals surface area contributed by atoms with E-state index in [1.807, 2.05) is 24.3 Å². The molecule has 1 fully saturated rings. The van der Waals surface area contributed by atoms with E-state index in [0.717, 1.165) is 22.8 Å². The molecule has 2 N–H and O–H groups in total. The zero-order chi connectivity index (χ0) is 15.2. The van der Waals surface area contributed by atoms with Gasteiger partial charge in [-0.2, -0.15) is 0 Å². The number of benzene rings is 1. The Labute approximate surface area is 128 Å². The topological polar surface area (TPSA) is 66.4 Å². The molecule has 1 aliphatic carbocycles. The Kier molecular flexibility index (Phi) is 5.44. The van der Waals surface area contributed by atoms with Crippen LogP contribution in [-0.2, 0) is 9.59 Å². The maximum Gasteiger partial charge on any atom is 0.307 e. The second-order valence-corrected chi connectivity index (χ2v) is 6.13. The van der Waals surface area contributed by atoms with Crippen LogP contribution in [0.2, 0.25) is 0 Å². The highest BCUT2D eigenvalue weighted by Gasteiger charge is 2.37. The zero-order valence-corrected chi connectivity index (χ0v) is 12.6. The Morgan fingerprint density at radius 1 is 1.33 bits per heavy atom. The molecule has 0 spiro atoms. The molecule has 0 aliphatic heterocycles. The van der Waals surface area contributed by atoms with Gasteiger partial charge in [0.2, 0.25) is 5.91 Å². The van der Waals surface area contributed by atoms with E-state index < -0.39 is 17.8 Å². The van der Waals surface area contributed by atoms with Crippen LogP contribution in [0.15, 0.2) is 41.8 Å². The van der Waals surface area contributed by atoms with Crippen LogP contribution >= 0.6 is 11.8 Å². The number of hydrogen-bond donors (Lipinski definition) is 2. The van der Waals surface area contributed by atoms with Crippen LogP contribution in [0.25, 0.3) is 0 Å². The highest BCUT2D eigenvalue weighted by Crippen LogP contribution is 2.34. The summed E-state index contributed by atoms with van der Waals surface area (Å²) in [7, 11) is 0. The molecule has 0 heterocycles. The van der Waals surface area contributed by atoms with Crippen molar-refractivity contribution in [2.75, 3.05) is 11.1 Å². The van der Waals surface area contributed by atoms with Crippen molar-refractivity contribution in [1.29, 1.82) is 0 Å². The molecule has 0 saturated heterocycles. The average molecular weight is 305 g/mol. The second kappa shape index (κ2) is 7.31. The van der Waals surface area contributed by atoms with Gasteiger partial charge >= 0.3 is 5.97 Å². The maximum absolute atomic E-state index is 12.4. The molecular formula is C16H19NO3S. The fourth-order valence-corrected chi connectivity index (χ4v) is 3.39. The van der Waals surface area contributed by atoms with Gasteiger partial charge in [0.15, 0.2) is 0 Å². The number of nitrogens with one attached hydrogen (secondary N) is 1. The van der Waals surface area contributed by atoms with Gasteiger partial charge in [0, 0.05) is 10.6 Å². The minimum atomic E-state index is -0.873. The van der Waals surface area contributed by atoms with Crippen LogP contribution in [0.3, 0.4) is 0 Å². The molecule has 21 heavy (non-hydrogen) atoms. The van der Waals surface area contributed by atoms with Crippen molar-refractivity contribution in [2.24, 2.45) is 11.8 Å². The van der Waals surface area contributed by atoms with Gasteiger partial charge in [0.1, 0.15) is 0 Å². The van der Waals surface area contributed by atoms with Crippen LogP contribution in [0.5, 0.6) is 0 Å². The largest absolute Gasteiger partial charge is 0.481 e. The Morgan fingerprint density at radius 2 is 2.05 bits per heavy atom. The van der Waals surface area contributed by atoms with E-state index in [9.17, 15) is 14.7 Å². The monoisotopic (exact) mass is 305 g/mol. The highest BCUT2D eigenvalue weighted by atomic mass is 32.2. The quantitative estimate of drug-likeness (QED) is 0.624. The summed E-state index contributed by atoms with van der Waals surface area (Å²) in [5.74, 6) is -1.29. The highest BCUT2D eigenvalue weighted by molar-refractivity contribution is 7.99. The first-order chi connectivity index (χ1) is 10.1. The van der Waals surface area contributed by atoms with Gasteiger partial charge in [-0.1, -0.05) is 24.6 Å². The number of aliphatic carboxylic acids is 1. The summed E-state index contributed by atoms with van der Waals surface area (Å²) in [5.41, 5.74) is 0.741. The predicted octanol–water partition coefficient (Wildman–Crippen LogP) is 3.40. The number of anilines is 1. The van der Waals surface area contributed by atoms with E-state index in [2.05, 4.69) is 11.9 Å². The first-order valence-corrected chi connectivity index (χ1v) is 7.98. The lowest BCUT2D eigenvalue weighted by Crippen LogP contribution is -2.30. The molecule has 1 amide bonds. The van der Waals surface area contributed by atoms with E-state index >= 15 is 0 Å². The summed E-state index contributed by atoms with van der Waals surface area (Å²) in [6.45, 7) is 3.69. The van der Waals surface area contributed by atoms with Gasteiger partial charge in [-0.15, -0.1) is 18.3 Å². The van der Waals surface area contributed by atoms with Gasteiger partial charge in [0.05, 0.1) is 17.5 Å². The molecule has 0 unspecified atom stereocenters. The number of carboxylic acids is 1. The van der Waals surface area contributed by atoms with Crippen LogP contribution in [0.4, 0.5) is 5.69 Å². The van der Waals surface area contributed by atoms with Crippen LogP contribution < -0.4 is 5.32 Å². The number of carbonyl (C=O) groups is 2. The third-order valence-electron chi connectivity index (χ3n) is 3.67. The molecule has 0 radical (unpaired) electrons. The molecule has 5 heteroatoms. The lowest BCUT2D eigenvalue weighted by molar-refractivity contribution is -0.145. The lowest BCUT2D eigenvalue weighted by Gasteiger charge is -2.17. The number of para-hydroxylation sites is 1. The van der Waals surface area contributed by atoms with Crippen molar-refractivity contribution in [1.82, 2.24) is 0 Å². The van der Waals surface area contributed by atoms with E-state index in [1.165, 1.54) is 0 Å². The summed E-state index contributed by atoms with van der Waals surface area (Å²) in [6, 6.07) is 7.55. The molecule has 0 bridgehead atoms. The molecule has 1 saturated carbocycles. The molecule has 1 aromatic carbocycles. The fraction of sp³-hybridized carbons (Fsp3) is 0.375. The Hall–Kier alpha value is -1.75. The smallest absolute Gasteiger partial charge is 0.307 e. The molecule has 1 aliphatic rings. The maximum atomic E-state index is 12.4. The molecule has 0 aromatic heterocycles. The molecule has 2 atom stereocenters. The molecule has 4 nitrogen and oxygen atoms in total. The third kappa shape index (κ3) is 3.88. The average Bonchev–Trinajstić information content (AvgIpc) is 2.96. The van der Waals surface area contributed by atoms with Crippen molar-refractivity contribution >= 4 is 29.3 Å². The first kappa shape index (κ1) is 15.6. The van der Waals surface area contributed by atoms with Crippen molar-refractivity contribution in [3.8, 4) is 0 Å². The predicted molar refractivity (Wildman–Crippen MR) is 84.5 cm³/mol. The number of thioether (sulfide) groups is 1. The summed E-state index contributed by atoms with van der Waals surface area (Å²) in [4.78, 5) is 24.5. The minimum absolute atomic E-state index is 0.188. The second-order valence-electron chi connectivity index (χ2n) is 5.07. The van der Waals surface area contributed by atoms with Gasteiger partial charge < -0.3 is 10.4 Å². The van der Waals surface area contributed by atoms with Gasteiger partial charge in [0.25, 0.3) is 0 Å². The van der Waals surface area contributed by atoms with E-state index in [4.69, 9.17) is 0 Å². The van der Waals surface area contributed by atoms with Crippen molar-refractivity contribution in [3.63, 3.8) is 0 Å². The molecule has 112 valence electrons. The standard InChI is InChI=1S/C16H19NO3S/c1-2-10-21-14-9-4-3-8-13(14)17-15(18)11-6-5-7-12(11)16(19)20/h2-4,8-9,11-12H,1,5-7,10H2,(H,17,18)(H,19,20)/t11-,12+/m1/s1. The van der Waals surface area contributed by atoms with E-state index in [-0.39, 0.29) is 5.91 Å². The molecule has 1 aromatic rings. The Morgan fingerprint density at radius 3 is 2.76 bits per heavy atom. The number of carboxylic acid groups (broad SMARTS) is 1. The summed E-state index contributed by atoms with van der Waals surface area (Å²) in [6.07, 6.45) is 3.83. The summed E-state index contributed by atoms with van der Waals surface area (Å²) < 4.78 is 0. The minimum Gasteiger partial charge on any atom is -0.481 e. The zero-order valence-electron chi connectivity index (χ0n) is 11.7. The van der Waals surface area contributed by atoms with Gasteiger partial charge in [-0.3, -0.25) is 9.59 Å². The number of rotatable bonds is 6. The summed E-state index contributed by atoms with van der Waals surface area (Å²) >= 11 is 1.59. The van der Waals surface area contributed by atoms with E-state index in [0.29, 0.717) is 12.8 Å². The van der Waals surface area contributed by atoms with Gasteiger partial charge in [-0.05, 0) is 25.0 Å². The number of hydrogen-bond acceptors (Lipinski definition) is 3.